The number of aryl methyl sites for hydroxylation is 1. The van der Waals surface area contributed by atoms with E-state index in [4.69, 9.17) is 4.74 Å². The van der Waals surface area contributed by atoms with Crippen molar-refractivity contribution < 1.29 is 19.4 Å². The summed E-state index contributed by atoms with van der Waals surface area (Å²) in [4.78, 5) is 28.6. The minimum Gasteiger partial charge on any atom is -0.478 e. The van der Waals surface area contributed by atoms with Gasteiger partial charge in [-0.15, -0.1) is 0 Å². The van der Waals surface area contributed by atoms with Crippen molar-refractivity contribution in [3.8, 4) is 0 Å². The summed E-state index contributed by atoms with van der Waals surface area (Å²) in [7, 11) is 1.80. The lowest BCUT2D eigenvalue weighted by atomic mass is 10.0. The number of hydrogen-bond acceptors (Lipinski definition) is 5. The molecule has 2 fully saturated rings. The number of rotatable bonds is 4. The SMILES string of the molecule is Cn1cc2c(N3CCC(N(C(=O)OC(C)(C)C)C4CC4)CC3)ccc(C(=O)O)c2n1. The molecule has 1 saturated carbocycles. The van der Waals surface area contributed by atoms with E-state index in [1.807, 2.05) is 37.9 Å². The van der Waals surface area contributed by atoms with Crippen LogP contribution in [-0.4, -0.2) is 62.6 Å². The normalized spacial score (nSPS) is 17.9. The number of carboxylic acids is 1. The summed E-state index contributed by atoms with van der Waals surface area (Å²) in [5.41, 5.74) is 1.23. The maximum absolute atomic E-state index is 12.8. The predicted molar refractivity (Wildman–Crippen MR) is 114 cm³/mol. The van der Waals surface area contributed by atoms with E-state index in [1.165, 1.54) is 0 Å². The molecule has 2 aromatic rings. The van der Waals surface area contributed by atoms with Crippen molar-refractivity contribution in [2.24, 2.45) is 7.05 Å². The third kappa shape index (κ3) is 4.08. The number of carbonyl (C=O) groups is 2. The number of amides is 1. The second kappa shape index (κ2) is 7.49. The van der Waals surface area contributed by atoms with E-state index in [0.717, 1.165) is 49.8 Å². The van der Waals surface area contributed by atoms with Crippen molar-refractivity contribution in [1.82, 2.24) is 14.7 Å². The standard InChI is InChI=1S/C22H30N4O4/c1-22(2,3)30-21(29)26(14-5-6-14)15-9-11-25(12-10-15)18-8-7-16(20(27)28)19-17(18)13-24(4)23-19/h7-8,13-15H,5-6,9-12H2,1-4H3,(H,27,28). The van der Waals surface area contributed by atoms with Gasteiger partial charge in [-0.25, -0.2) is 9.59 Å². The maximum atomic E-state index is 12.8. The van der Waals surface area contributed by atoms with Gasteiger partial charge in [-0.3, -0.25) is 4.68 Å². The van der Waals surface area contributed by atoms with Crippen LogP contribution in [-0.2, 0) is 11.8 Å². The molecule has 0 bridgehead atoms. The van der Waals surface area contributed by atoms with E-state index in [1.54, 1.807) is 17.8 Å². The summed E-state index contributed by atoms with van der Waals surface area (Å²) < 4.78 is 7.33. The highest BCUT2D eigenvalue weighted by Crippen LogP contribution is 2.35. The molecular weight excluding hydrogens is 384 g/mol. The minimum atomic E-state index is -0.971. The Balaban J connectivity index is 1.51. The van der Waals surface area contributed by atoms with Crippen LogP contribution in [0.5, 0.6) is 0 Å². The molecular formula is C22H30N4O4. The number of aromatic nitrogens is 2. The van der Waals surface area contributed by atoms with Crippen LogP contribution in [0.25, 0.3) is 10.9 Å². The predicted octanol–water partition coefficient (Wildman–Crippen LogP) is 3.64. The topological polar surface area (TPSA) is 87.9 Å². The molecule has 1 aliphatic heterocycles. The smallest absolute Gasteiger partial charge is 0.410 e. The summed E-state index contributed by atoms with van der Waals surface area (Å²) in [5.74, 6) is -0.971. The fraction of sp³-hybridized carbons (Fsp3) is 0.591. The molecule has 1 aliphatic carbocycles. The first-order chi connectivity index (χ1) is 14.1. The van der Waals surface area contributed by atoms with Gasteiger partial charge in [-0.1, -0.05) is 0 Å². The number of anilines is 1. The van der Waals surface area contributed by atoms with Crippen LogP contribution in [0.2, 0.25) is 0 Å². The van der Waals surface area contributed by atoms with Crippen LogP contribution in [0, 0.1) is 0 Å². The molecule has 1 aromatic heterocycles. The highest BCUT2D eigenvalue weighted by Gasteiger charge is 2.40. The van der Waals surface area contributed by atoms with Crippen molar-refractivity contribution in [2.75, 3.05) is 18.0 Å². The maximum Gasteiger partial charge on any atom is 0.410 e. The Bertz CT molecular complexity index is 965. The molecule has 0 radical (unpaired) electrons. The molecule has 1 N–H and O–H groups in total. The van der Waals surface area contributed by atoms with Gasteiger partial charge in [0.05, 0.1) is 5.56 Å². The van der Waals surface area contributed by atoms with Gasteiger partial charge in [0.25, 0.3) is 0 Å². The zero-order chi connectivity index (χ0) is 21.6. The van der Waals surface area contributed by atoms with Crippen molar-refractivity contribution >= 4 is 28.7 Å². The van der Waals surface area contributed by atoms with E-state index < -0.39 is 11.6 Å². The summed E-state index contributed by atoms with van der Waals surface area (Å²) >= 11 is 0. The zero-order valence-corrected chi connectivity index (χ0v) is 18.1. The van der Waals surface area contributed by atoms with Gasteiger partial charge in [-0.05, 0) is 58.6 Å². The molecule has 1 amide bonds. The number of ether oxygens (including phenoxy) is 1. The molecule has 1 saturated heterocycles. The monoisotopic (exact) mass is 414 g/mol. The van der Waals surface area contributed by atoms with Crippen molar-refractivity contribution in [1.29, 1.82) is 0 Å². The number of nitrogens with zero attached hydrogens (tertiary/aromatic N) is 4. The van der Waals surface area contributed by atoms with Gasteiger partial charge in [0.15, 0.2) is 0 Å². The zero-order valence-electron chi connectivity index (χ0n) is 18.1. The first-order valence-electron chi connectivity index (χ1n) is 10.6. The first kappa shape index (κ1) is 20.5. The Morgan fingerprint density at radius 3 is 2.33 bits per heavy atom. The second-order valence-corrected chi connectivity index (χ2v) is 9.34. The van der Waals surface area contributed by atoms with Crippen LogP contribution in [0.15, 0.2) is 18.3 Å². The van der Waals surface area contributed by atoms with E-state index in [9.17, 15) is 14.7 Å². The Kier molecular flexibility index (Phi) is 5.11. The van der Waals surface area contributed by atoms with E-state index in [-0.39, 0.29) is 17.7 Å². The number of aromatic carboxylic acids is 1. The highest BCUT2D eigenvalue weighted by molar-refractivity contribution is 6.06. The molecule has 0 spiro atoms. The number of hydrogen-bond donors (Lipinski definition) is 1. The van der Waals surface area contributed by atoms with Crippen LogP contribution in [0.1, 0.15) is 56.8 Å². The van der Waals surface area contributed by atoms with E-state index >= 15 is 0 Å². The first-order valence-corrected chi connectivity index (χ1v) is 10.6. The average Bonchev–Trinajstić information content (AvgIpc) is 3.39. The molecule has 2 heterocycles. The third-order valence-electron chi connectivity index (χ3n) is 5.74. The Hall–Kier alpha value is -2.77. The fourth-order valence-corrected chi connectivity index (χ4v) is 4.30. The van der Waals surface area contributed by atoms with Gasteiger partial charge in [0, 0.05) is 49.5 Å². The van der Waals surface area contributed by atoms with Gasteiger partial charge in [0.1, 0.15) is 11.1 Å². The lowest BCUT2D eigenvalue weighted by Crippen LogP contribution is -2.50. The summed E-state index contributed by atoms with van der Waals surface area (Å²) in [5, 5.41) is 14.7. The van der Waals surface area contributed by atoms with Crippen LogP contribution < -0.4 is 4.90 Å². The summed E-state index contributed by atoms with van der Waals surface area (Å²) in [6.07, 6.45) is 5.49. The Morgan fingerprint density at radius 1 is 1.13 bits per heavy atom. The molecule has 0 atom stereocenters. The summed E-state index contributed by atoms with van der Waals surface area (Å²) in [6, 6.07) is 3.99. The third-order valence-corrected chi connectivity index (χ3v) is 5.74. The van der Waals surface area contributed by atoms with Crippen LogP contribution in [0.3, 0.4) is 0 Å². The van der Waals surface area contributed by atoms with Gasteiger partial charge in [0.2, 0.25) is 0 Å². The molecule has 8 nitrogen and oxygen atoms in total. The van der Waals surface area contributed by atoms with Crippen molar-refractivity contribution in [3.63, 3.8) is 0 Å². The number of benzene rings is 1. The molecule has 2 aliphatic rings. The minimum absolute atomic E-state index is 0.172. The molecule has 162 valence electrons. The molecule has 8 heteroatoms. The van der Waals surface area contributed by atoms with Crippen LogP contribution in [0.4, 0.5) is 10.5 Å². The quantitative estimate of drug-likeness (QED) is 0.822. The number of piperidine rings is 1. The summed E-state index contributed by atoms with van der Waals surface area (Å²) in [6.45, 7) is 7.30. The lowest BCUT2D eigenvalue weighted by Gasteiger charge is -2.40. The number of carboxylic acid groups (broad SMARTS) is 1. The second-order valence-electron chi connectivity index (χ2n) is 9.34. The van der Waals surface area contributed by atoms with Gasteiger partial charge >= 0.3 is 12.1 Å². The fourth-order valence-electron chi connectivity index (χ4n) is 4.30. The molecule has 1 aromatic carbocycles. The molecule has 30 heavy (non-hydrogen) atoms. The van der Waals surface area contributed by atoms with E-state index in [2.05, 4.69) is 10.00 Å². The highest BCUT2D eigenvalue weighted by atomic mass is 16.6. The Labute approximate surface area is 176 Å². The molecule has 4 rings (SSSR count). The van der Waals surface area contributed by atoms with E-state index in [0.29, 0.717) is 11.6 Å². The lowest BCUT2D eigenvalue weighted by molar-refractivity contribution is 0.0113. The largest absolute Gasteiger partial charge is 0.478 e. The van der Waals surface area contributed by atoms with Crippen molar-refractivity contribution in [3.05, 3.63) is 23.9 Å². The average molecular weight is 415 g/mol. The molecule has 0 unspecified atom stereocenters. The van der Waals surface area contributed by atoms with Gasteiger partial charge < -0.3 is 19.6 Å². The van der Waals surface area contributed by atoms with Crippen LogP contribution >= 0.6 is 0 Å². The number of carbonyl (C=O) groups excluding carboxylic acids is 1. The Morgan fingerprint density at radius 2 is 1.77 bits per heavy atom. The number of fused-ring (bicyclic) bond motifs is 1. The van der Waals surface area contributed by atoms with Crippen molar-refractivity contribution in [2.45, 2.75) is 64.1 Å². The van der Waals surface area contributed by atoms with Gasteiger partial charge in [-0.2, -0.15) is 5.10 Å².